The molecule has 1 aliphatic rings. The predicted molar refractivity (Wildman–Crippen MR) is 113 cm³/mol. The lowest BCUT2D eigenvalue weighted by Crippen LogP contribution is -2.39. The topological polar surface area (TPSA) is 66.0 Å². The van der Waals surface area contributed by atoms with Gasteiger partial charge in [-0.1, -0.05) is 24.3 Å². The van der Waals surface area contributed by atoms with Crippen LogP contribution >= 0.6 is 0 Å². The second kappa shape index (κ2) is 9.26. The van der Waals surface area contributed by atoms with E-state index in [1.165, 1.54) is 12.5 Å². The smallest absolute Gasteiger partial charge is 0.221 e. The van der Waals surface area contributed by atoms with Crippen molar-refractivity contribution in [3.63, 3.8) is 0 Å². The maximum absolute atomic E-state index is 11.2. The van der Waals surface area contributed by atoms with Crippen LogP contribution in [0.4, 0.5) is 5.69 Å². The molecule has 1 amide bonds. The average molecular weight is 380 g/mol. The molecule has 0 spiro atoms. The van der Waals surface area contributed by atoms with Crippen molar-refractivity contribution >= 4 is 17.6 Å². The SMILES string of the molecule is CN=C(NCc1cccc(NC(C)=O)c1)N1CCC(c2ccc(OC)cc2)C1. The van der Waals surface area contributed by atoms with E-state index >= 15 is 0 Å². The first kappa shape index (κ1) is 19.7. The maximum Gasteiger partial charge on any atom is 0.221 e. The normalized spacial score (nSPS) is 16.8. The van der Waals surface area contributed by atoms with E-state index in [4.69, 9.17) is 4.74 Å². The van der Waals surface area contributed by atoms with Gasteiger partial charge in [0.25, 0.3) is 0 Å². The van der Waals surface area contributed by atoms with E-state index in [9.17, 15) is 4.79 Å². The summed E-state index contributed by atoms with van der Waals surface area (Å²) < 4.78 is 5.25. The molecule has 1 unspecified atom stereocenters. The molecule has 1 atom stereocenters. The van der Waals surface area contributed by atoms with Crippen molar-refractivity contribution in [3.05, 3.63) is 59.7 Å². The number of aliphatic imine (C=N–C) groups is 1. The molecule has 2 aromatic carbocycles. The quantitative estimate of drug-likeness (QED) is 0.617. The maximum atomic E-state index is 11.2. The van der Waals surface area contributed by atoms with Gasteiger partial charge < -0.3 is 20.3 Å². The second-order valence-corrected chi connectivity index (χ2v) is 6.99. The molecule has 1 heterocycles. The molecule has 0 saturated carbocycles. The van der Waals surface area contributed by atoms with E-state index in [1.54, 1.807) is 7.11 Å². The van der Waals surface area contributed by atoms with Crippen LogP contribution in [-0.2, 0) is 11.3 Å². The Balaban J connectivity index is 1.58. The highest BCUT2D eigenvalue weighted by atomic mass is 16.5. The van der Waals surface area contributed by atoms with Gasteiger partial charge in [0.1, 0.15) is 5.75 Å². The van der Waals surface area contributed by atoms with Crippen LogP contribution in [0.5, 0.6) is 5.75 Å². The van der Waals surface area contributed by atoms with Crippen molar-refractivity contribution in [1.82, 2.24) is 10.2 Å². The van der Waals surface area contributed by atoms with Crippen molar-refractivity contribution in [3.8, 4) is 5.75 Å². The predicted octanol–water partition coefficient (Wildman–Crippen LogP) is 3.22. The number of methoxy groups -OCH3 is 1. The molecule has 0 aromatic heterocycles. The Kier molecular flexibility index (Phi) is 6.53. The molecule has 0 radical (unpaired) electrons. The van der Waals surface area contributed by atoms with Crippen molar-refractivity contribution in [2.45, 2.75) is 25.8 Å². The number of guanidine groups is 1. The summed E-state index contributed by atoms with van der Waals surface area (Å²) in [6.07, 6.45) is 1.10. The molecule has 0 aliphatic carbocycles. The lowest BCUT2D eigenvalue weighted by molar-refractivity contribution is -0.114. The number of amides is 1. The van der Waals surface area contributed by atoms with Gasteiger partial charge in [-0.15, -0.1) is 0 Å². The number of nitrogens with zero attached hydrogens (tertiary/aromatic N) is 2. The monoisotopic (exact) mass is 380 g/mol. The zero-order valence-corrected chi connectivity index (χ0v) is 16.7. The summed E-state index contributed by atoms with van der Waals surface area (Å²) >= 11 is 0. The molecule has 28 heavy (non-hydrogen) atoms. The van der Waals surface area contributed by atoms with Gasteiger partial charge in [0.2, 0.25) is 5.91 Å². The van der Waals surface area contributed by atoms with E-state index in [-0.39, 0.29) is 5.91 Å². The Morgan fingerprint density at radius 1 is 1.25 bits per heavy atom. The molecule has 1 fully saturated rings. The Bertz CT molecular complexity index is 833. The first-order chi connectivity index (χ1) is 13.6. The van der Waals surface area contributed by atoms with Gasteiger partial charge in [0.05, 0.1) is 7.11 Å². The molecule has 1 aliphatic heterocycles. The van der Waals surface area contributed by atoms with Gasteiger partial charge in [-0.25, -0.2) is 0 Å². The van der Waals surface area contributed by atoms with Crippen LogP contribution in [-0.4, -0.2) is 44.0 Å². The van der Waals surface area contributed by atoms with Crippen molar-refractivity contribution in [2.24, 2.45) is 4.99 Å². The zero-order valence-electron chi connectivity index (χ0n) is 16.7. The number of carbonyl (C=O) groups excluding carboxylic acids is 1. The van der Waals surface area contributed by atoms with Crippen molar-refractivity contribution in [2.75, 3.05) is 32.6 Å². The Morgan fingerprint density at radius 2 is 2.04 bits per heavy atom. The molecule has 1 saturated heterocycles. The van der Waals surface area contributed by atoms with Crippen molar-refractivity contribution < 1.29 is 9.53 Å². The van der Waals surface area contributed by atoms with Crippen LogP contribution in [0.3, 0.4) is 0 Å². The fourth-order valence-corrected chi connectivity index (χ4v) is 3.58. The summed E-state index contributed by atoms with van der Waals surface area (Å²) in [6, 6.07) is 16.2. The second-order valence-electron chi connectivity index (χ2n) is 6.99. The molecule has 3 rings (SSSR count). The number of carbonyl (C=O) groups is 1. The fourth-order valence-electron chi connectivity index (χ4n) is 3.58. The third-order valence-corrected chi connectivity index (χ3v) is 4.98. The van der Waals surface area contributed by atoms with Crippen LogP contribution in [0.2, 0.25) is 0 Å². The molecule has 0 bridgehead atoms. The third kappa shape index (κ3) is 5.03. The van der Waals surface area contributed by atoms with Gasteiger partial charge in [0.15, 0.2) is 5.96 Å². The number of ether oxygens (including phenoxy) is 1. The van der Waals surface area contributed by atoms with E-state index in [0.29, 0.717) is 12.5 Å². The Labute approximate surface area is 166 Å². The van der Waals surface area contributed by atoms with Gasteiger partial charge >= 0.3 is 0 Å². The molecular formula is C22H28N4O2. The summed E-state index contributed by atoms with van der Waals surface area (Å²) in [5.41, 5.74) is 3.24. The molecule has 2 aromatic rings. The minimum atomic E-state index is -0.0671. The number of nitrogens with one attached hydrogen (secondary N) is 2. The molecular weight excluding hydrogens is 352 g/mol. The van der Waals surface area contributed by atoms with E-state index in [0.717, 1.165) is 42.5 Å². The fraction of sp³-hybridized carbons (Fsp3) is 0.364. The lowest BCUT2D eigenvalue weighted by atomic mass is 9.98. The van der Waals surface area contributed by atoms with Gasteiger partial charge in [-0.3, -0.25) is 9.79 Å². The van der Waals surface area contributed by atoms with E-state index in [1.807, 2.05) is 43.4 Å². The number of hydrogen-bond donors (Lipinski definition) is 2. The highest BCUT2D eigenvalue weighted by molar-refractivity contribution is 5.88. The Hall–Kier alpha value is -3.02. The highest BCUT2D eigenvalue weighted by Gasteiger charge is 2.26. The molecule has 6 heteroatoms. The average Bonchev–Trinajstić information content (AvgIpc) is 3.18. The number of rotatable bonds is 5. The highest BCUT2D eigenvalue weighted by Crippen LogP contribution is 2.28. The van der Waals surface area contributed by atoms with E-state index in [2.05, 4.69) is 32.7 Å². The van der Waals surface area contributed by atoms with Crippen molar-refractivity contribution in [1.29, 1.82) is 0 Å². The number of likely N-dealkylation sites (tertiary alicyclic amines) is 1. The summed E-state index contributed by atoms with van der Waals surface area (Å²) in [5, 5.41) is 6.26. The first-order valence-electron chi connectivity index (χ1n) is 9.55. The van der Waals surface area contributed by atoms with Crippen LogP contribution in [0, 0.1) is 0 Å². The lowest BCUT2D eigenvalue weighted by Gasteiger charge is -2.22. The number of benzene rings is 2. The van der Waals surface area contributed by atoms with Crippen LogP contribution < -0.4 is 15.4 Å². The van der Waals surface area contributed by atoms with Gasteiger partial charge in [-0.05, 0) is 41.8 Å². The van der Waals surface area contributed by atoms with Crippen LogP contribution in [0.1, 0.15) is 30.4 Å². The van der Waals surface area contributed by atoms with Gasteiger partial charge in [-0.2, -0.15) is 0 Å². The van der Waals surface area contributed by atoms with Crippen LogP contribution in [0.25, 0.3) is 0 Å². The first-order valence-corrected chi connectivity index (χ1v) is 9.55. The largest absolute Gasteiger partial charge is 0.497 e. The number of hydrogen-bond acceptors (Lipinski definition) is 3. The summed E-state index contributed by atoms with van der Waals surface area (Å²) in [7, 11) is 3.50. The van der Waals surface area contributed by atoms with E-state index < -0.39 is 0 Å². The number of anilines is 1. The minimum absolute atomic E-state index is 0.0671. The Morgan fingerprint density at radius 3 is 2.71 bits per heavy atom. The molecule has 2 N–H and O–H groups in total. The summed E-state index contributed by atoms with van der Waals surface area (Å²) in [5.74, 6) is 2.22. The van der Waals surface area contributed by atoms with Gasteiger partial charge in [0, 0.05) is 45.2 Å². The molecule has 148 valence electrons. The summed E-state index contributed by atoms with van der Waals surface area (Å²) in [6.45, 7) is 4.09. The minimum Gasteiger partial charge on any atom is -0.497 e. The standard InChI is InChI=1S/C22H28N4O2/c1-16(27)25-20-6-4-5-17(13-20)14-24-22(23-2)26-12-11-19(15-26)18-7-9-21(28-3)10-8-18/h4-10,13,19H,11-12,14-15H2,1-3H3,(H,23,24)(H,25,27). The molecule has 6 nitrogen and oxygen atoms in total. The third-order valence-electron chi connectivity index (χ3n) is 4.98. The zero-order chi connectivity index (χ0) is 19.9. The summed E-state index contributed by atoms with van der Waals surface area (Å²) in [4.78, 5) is 18.0. The van der Waals surface area contributed by atoms with Crippen LogP contribution in [0.15, 0.2) is 53.5 Å².